The third-order valence-corrected chi connectivity index (χ3v) is 11.2. The first-order valence-electron chi connectivity index (χ1n) is 24.3. The van der Waals surface area contributed by atoms with Crippen LogP contribution in [0.4, 0.5) is 0 Å². The number of rotatable bonds is 45. The van der Waals surface area contributed by atoms with E-state index in [0.717, 1.165) is 89.9 Å². The van der Waals surface area contributed by atoms with E-state index in [0.29, 0.717) is 6.42 Å². The molecule has 0 aromatic carbocycles. The lowest BCUT2D eigenvalue weighted by atomic mass is 10.0. The predicted molar refractivity (Wildman–Crippen MR) is 252 cm³/mol. The summed E-state index contributed by atoms with van der Waals surface area (Å²) in [5, 5.41) is 12.7. The van der Waals surface area contributed by atoms with Gasteiger partial charge in [-0.3, -0.25) is 18.6 Å². The van der Waals surface area contributed by atoms with Crippen molar-refractivity contribution in [2.75, 3.05) is 26.4 Å². The molecule has 2 atom stereocenters. The number of amides is 1. The second-order valence-corrected chi connectivity index (χ2v) is 17.5. The molecule has 9 nitrogen and oxygen atoms in total. The molecule has 0 aliphatic heterocycles. The van der Waals surface area contributed by atoms with E-state index in [9.17, 15) is 24.2 Å². The summed E-state index contributed by atoms with van der Waals surface area (Å²) in [4.78, 5) is 34.0. The second-order valence-electron chi connectivity index (χ2n) is 16.1. The summed E-state index contributed by atoms with van der Waals surface area (Å²) in [5.74, 6) is -0.532. The summed E-state index contributed by atoms with van der Waals surface area (Å²) in [7, 11) is -4.43. The summed E-state index contributed by atoms with van der Waals surface area (Å²) in [5.41, 5.74) is 0. The number of hydrogen-bond acceptors (Lipinski definition) is 7. The number of aliphatic hydroxyl groups excluding tert-OH is 1. The summed E-state index contributed by atoms with van der Waals surface area (Å²) < 4.78 is 26.9. The molecule has 0 aromatic rings. The molecule has 0 bridgehead atoms. The number of aliphatic hydroxyl groups is 1. The van der Waals surface area contributed by atoms with Crippen molar-refractivity contribution in [1.29, 1.82) is 0 Å². The maximum Gasteiger partial charge on any atom is 0.472 e. The van der Waals surface area contributed by atoms with Crippen molar-refractivity contribution in [3.63, 3.8) is 0 Å². The summed E-state index contributed by atoms with van der Waals surface area (Å²) >= 11 is 0. The highest BCUT2D eigenvalue weighted by Gasteiger charge is 2.23. The Balaban J connectivity index is 3.61. The van der Waals surface area contributed by atoms with Gasteiger partial charge in [0.05, 0.1) is 13.2 Å². The molecule has 0 saturated carbocycles. The van der Waals surface area contributed by atoms with Crippen LogP contribution in [-0.2, 0) is 27.9 Å². The van der Waals surface area contributed by atoms with Gasteiger partial charge in [0.15, 0.2) is 0 Å². The van der Waals surface area contributed by atoms with Gasteiger partial charge in [-0.25, -0.2) is 4.57 Å². The van der Waals surface area contributed by atoms with E-state index in [1.807, 2.05) is 0 Å². The van der Waals surface area contributed by atoms with Crippen LogP contribution in [-0.4, -0.2) is 54.3 Å². The fourth-order valence-electron chi connectivity index (χ4n) is 6.58. The van der Waals surface area contributed by atoms with Crippen LogP contribution in [0.2, 0.25) is 0 Å². The number of ether oxygens (including phenoxy) is 1. The fourth-order valence-corrected chi connectivity index (χ4v) is 7.34. The van der Waals surface area contributed by atoms with Gasteiger partial charge in [-0.1, -0.05) is 203 Å². The molecule has 348 valence electrons. The molecule has 0 aromatic heterocycles. The zero-order valence-electron chi connectivity index (χ0n) is 38.4. The van der Waals surface area contributed by atoms with Gasteiger partial charge in [0.1, 0.15) is 12.7 Å². The molecular weight excluding hydrogens is 774 g/mol. The number of carbonyl (C=O) groups excluding carboxylic acids is 2. The van der Waals surface area contributed by atoms with Crippen LogP contribution in [0, 0.1) is 0 Å². The van der Waals surface area contributed by atoms with Gasteiger partial charge in [0.2, 0.25) is 5.91 Å². The minimum atomic E-state index is -4.43. The highest BCUT2D eigenvalue weighted by Crippen LogP contribution is 2.42. The molecule has 0 saturated heterocycles. The quantitative estimate of drug-likeness (QED) is 0.0239. The average molecular weight is 864 g/mol. The van der Waals surface area contributed by atoms with E-state index < -0.39 is 26.5 Å². The topological polar surface area (TPSA) is 131 Å². The number of phosphoric acid groups is 1. The molecule has 0 fully saturated rings. The van der Waals surface area contributed by atoms with Gasteiger partial charge >= 0.3 is 13.8 Å². The number of hydrogen-bond donors (Lipinski definition) is 3. The Hall–Kier alpha value is -2.29. The Bertz CT molecular complexity index is 1170. The van der Waals surface area contributed by atoms with Gasteiger partial charge in [-0.05, 0) is 57.8 Å². The minimum absolute atomic E-state index is 0.0690. The number of carbonyl (C=O) groups is 2. The Labute approximate surface area is 368 Å². The summed E-state index contributed by atoms with van der Waals surface area (Å²) in [6.45, 7) is 3.44. The predicted octanol–water partition coefficient (Wildman–Crippen LogP) is 14.1. The molecule has 0 aliphatic carbocycles. The van der Waals surface area contributed by atoms with E-state index >= 15 is 0 Å². The SMILES string of the molecule is CC/C=C\C/C=C\C/C=C\C/C=C\C/C=C\CCCCCCCC(=O)NCCOP(=O)(O)OCC(O)COC(=O)CCCCCCCCCCCCCCCCCCCC. The number of esters is 1. The van der Waals surface area contributed by atoms with Crippen molar-refractivity contribution in [1.82, 2.24) is 5.32 Å². The number of phosphoric ester groups is 1. The van der Waals surface area contributed by atoms with Crippen LogP contribution in [0.25, 0.3) is 0 Å². The van der Waals surface area contributed by atoms with Crippen molar-refractivity contribution in [2.45, 2.75) is 219 Å². The molecule has 0 heterocycles. The molecule has 1 amide bonds. The Morgan fingerprint density at radius 3 is 1.43 bits per heavy atom. The van der Waals surface area contributed by atoms with Crippen molar-refractivity contribution < 1.29 is 37.9 Å². The molecule has 0 aliphatic rings. The van der Waals surface area contributed by atoms with E-state index in [4.69, 9.17) is 13.8 Å². The van der Waals surface area contributed by atoms with Gasteiger partial charge in [-0.15, -0.1) is 0 Å². The molecule has 10 heteroatoms. The van der Waals surface area contributed by atoms with Crippen LogP contribution in [0.1, 0.15) is 213 Å². The van der Waals surface area contributed by atoms with E-state index in [2.05, 4.69) is 79.9 Å². The highest BCUT2D eigenvalue weighted by molar-refractivity contribution is 7.47. The van der Waals surface area contributed by atoms with Crippen LogP contribution < -0.4 is 5.32 Å². The lowest BCUT2D eigenvalue weighted by Gasteiger charge is -2.15. The third-order valence-electron chi connectivity index (χ3n) is 10.2. The maximum absolute atomic E-state index is 12.1. The monoisotopic (exact) mass is 864 g/mol. The zero-order chi connectivity index (χ0) is 43.9. The second kappa shape index (κ2) is 46.2. The van der Waals surface area contributed by atoms with Crippen LogP contribution in [0.15, 0.2) is 60.8 Å². The Kier molecular flexibility index (Phi) is 44.5. The smallest absolute Gasteiger partial charge is 0.463 e. The van der Waals surface area contributed by atoms with Gasteiger partial charge in [0, 0.05) is 19.4 Å². The van der Waals surface area contributed by atoms with Crippen LogP contribution in [0.3, 0.4) is 0 Å². The number of unbranched alkanes of at least 4 members (excludes halogenated alkanes) is 22. The first-order valence-corrected chi connectivity index (χ1v) is 25.8. The number of nitrogens with one attached hydrogen (secondary N) is 1. The third kappa shape index (κ3) is 46.8. The van der Waals surface area contributed by atoms with Crippen LogP contribution >= 0.6 is 7.82 Å². The molecule has 0 spiro atoms. The van der Waals surface area contributed by atoms with Gasteiger partial charge in [0.25, 0.3) is 0 Å². The zero-order valence-corrected chi connectivity index (χ0v) is 39.3. The average Bonchev–Trinajstić information content (AvgIpc) is 3.23. The first-order chi connectivity index (χ1) is 29.3. The Morgan fingerprint density at radius 2 is 0.950 bits per heavy atom. The summed E-state index contributed by atoms with van der Waals surface area (Å²) in [6, 6.07) is 0. The first kappa shape index (κ1) is 57.7. The number of allylic oxidation sites excluding steroid dienone is 10. The molecule has 3 N–H and O–H groups in total. The lowest BCUT2D eigenvalue weighted by Crippen LogP contribution is -2.27. The molecule has 60 heavy (non-hydrogen) atoms. The van der Waals surface area contributed by atoms with Crippen molar-refractivity contribution in [2.24, 2.45) is 0 Å². The standard InChI is InChI=1S/C50H90NO8P/c1-3-5-7-9-11-13-15-17-19-21-23-24-25-26-28-30-32-34-36-38-40-42-49(53)51-44-45-58-60(55,56)59-47-48(52)46-57-50(54)43-41-39-37-35-33-31-29-27-22-20-18-16-14-12-10-8-6-4-2/h5,7,11,13,17,19,23-24,26,28,48,52H,3-4,6,8-10,12,14-16,18,20-22,25,27,29-47H2,1-2H3,(H,51,53)(H,55,56)/b7-5-,13-11-,19-17-,24-23-,28-26-. The van der Waals surface area contributed by atoms with Gasteiger partial charge < -0.3 is 20.1 Å². The lowest BCUT2D eigenvalue weighted by molar-refractivity contribution is -0.147. The normalized spacial score (nSPS) is 13.7. The fraction of sp³-hybridized carbons (Fsp3) is 0.760. The van der Waals surface area contributed by atoms with E-state index in [-0.39, 0.29) is 32.1 Å². The molecule has 2 unspecified atom stereocenters. The minimum Gasteiger partial charge on any atom is -0.463 e. The maximum atomic E-state index is 12.1. The largest absolute Gasteiger partial charge is 0.472 e. The molecule has 0 radical (unpaired) electrons. The molecule has 0 rings (SSSR count). The van der Waals surface area contributed by atoms with E-state index in [1.165, 1.54) is 96.3 Å². The van der Waals surface area contributed by atoms with Crippen molar-refractivity contribution >= 4 is 19.7 Å². The Morgan fingerprint density at radius 1 is 0.533 bits per heavy atom. The van der Waals surface area contributed by atoms with Crippen LogP contribution in [0.5, 0.6) is 0 Å². The highest BCUT2D eigenvalue weighted by atomic mass is 31.2. The van der Waals surface area contributed by atoms with E-state index in [1.54, 1.807) is 0 Å². The van der Waals surface area contributed by atoms with Gasteiger partial charge in [-0.2, -0.15) is 0 Å². The van der Waals surface area contributed by atoms with Crippen molar-refractivity contribution in [3.05, 3.63) is 60.8 Å². The summed E-state index contributed by atoms with van der Waals surface area (Å²) in [6.07, 6.45) is 55.8. The van der Waals surface area contributed by atoms with Crippen molar-refractivity contribution in [3.8, 4) is 0 Å². The molecular formula is C50H90NO8P.